The lowest BCUT2D eigenvalue weighted by molar-refractivity contribution is -0.123. The van der Waals surface area contributed by atoms with Crippen LogP contribution in [0.1, 0.15) is 0 Å². The van der Waals surface area contributed by atoms with E-state index in [2.05, 4.69) is 10.6 Å². The lowest BCUT2D eigenvalue weighted by Gasteiger charge is -2.09. The number of hydrogen-bond acceptors (Lipinski definition) is 4. The number of rotatable bonds is 9. The molecule has 5 nitrogen and oxygen atoms in total. The molecule has 2 N–H and O–H groups in total. The van der Waals surface area contributed by atoms with Crippen LogP contribution in [-0.2, 0) is 9.53 Å². The van der Waals surface area contributed by atoms with Crippen molar-refractivity contribution in [2.75, 3.05) is 40.0 Å². The fourth-order valence-corrected chi connectivity index (χ4v) is 1.54. The van der Waals surface area contributed by atoms with Gasteiger partial charge in [-0.25, -0.2) is 0 Å². The molecule has 1 rings (SSSR count). The Kier molecular flexibility index (Phi) is 7.97. The predicted molar refractivity (Wildman–Crippen MR) is 74.7 cm³/mol. The first-order valence-electron chi connectivity index (χ1n) is 6.07. The van der Waals surface area contributed by atoms with E-state index < -0.39 is 0 Å². The zero-order valence-corrected chi connectivity index (χ0v) is 11.7. The van der Waals surface area contributed by atoms with Gasteiger partial charge in [0, 0.05) is 26.7 Å². The van der Waals surface area contributed by atoms with Gasteiger partial charge < -0.3 is 20.1 Å². The Morgan fingerprint density at radius 2 is 2.05 bits per heavy atom. The quantitative estimate of drug-likeness (QED) is 0.667. The molecule has 0 atom stereocenters. The van der Waals surface area contributed by atoms with Crippen molar-refractivity contribution >= 4 is 17.5 Å². The lowest BCUT2D eigenvalue weighted by atomic mass is 10.3. The molecular formula is C13H19ClN2O3. The van der Waals surface area contributed by atoms with Crippen molar-refractivity contribution in [3.8, 4) is 5.75 Å². The van der Waals surface area contributed by atoms with Gasteiger partial charge in [-0.05, 0) is 12.1 Å². The molecule has 0 aliphatic heterocycles. The Morgan fingerprint density at radius 1 is 1.26 bits per heavy atom. The predicted octanol–water partition coefficient (Wildman–Crippen LogP) is 1.07. The molecule has 0 spiro atoms. The normalized spacial score (nSPS) is 10.2. The molecule has 0 saturated heterocycles. The van der Waals surface area contributed by atoms with Crippen LogP contribution in [-0.4, -0.2) is 45.9 Å². The average Bonchev–Trinajstić information content (AvgIpc) is 2.42. The van der Waals surface area contributed by atoms with Gasteiger partial charge in [0.15, 0.2) is 6.61 Å². The number of benzene rings is 1. The number of para-hydroxylation sites is 1. The van der Waals surface area contributed by atoms with Gasteiger partial charge in [0.2, 0.25) is 0 Å². The minimum absolute atomic E-state index is 0.0399. The number of nitrogens with one attached hydrogen (secondary N) is 2. The van der Waals surface area contributed by atoms with Crippen molar-refractivity contribution in [2.45, 2.75) is 0 Å². The van der Waals surface area contributed by atoms with Crippen molar-refractivity contribution < 1.29 is 14.3 Å². The van der Waals surface area contributed by atoms with Crippen molar-refractivity contribution in [1.82, 2.24) is 10.6 Å². The SMILES string of the molecule is COCCNCCNC(=O)COc1ccccc1Cl. The second kappa shape index (κ2) is 9.61. The maximum Gasteiger partial charge on any atom is 0.257 e. The second-order valence-electron chi connectivity index (χ2n) is 3.81. The van der Waals surface area contributed by atoms with Crippen LogP contribution in [0.5, 0.6) is 5.75 Å². The molecule has 0 bridgehead atoms. The monoisotopic (exact) mass is 286 g/mol. The Labute approximate surface area is 118 Å². The Balaban J connectivity index is 2.10. The van der Waals surface area contributed by atoms with Crippen LogP contribution in [0, 0.1) is 0 Å². The topological polar surface area (TPSA) is 59.6 Å². The second-order valence-corrected chi connectivity index (χ2v) is 4.22. The molecule has 0 radical (unpaired) electrons. The van der Waals surface area contributed by atoms with Gasteiger partial charge in [0.1, 0.15) is 5.75 Å². The summed E-state index contributed by atoms with van der Waals surface area (Å²) in [5.41, 5.74) is 0. The third kappa shape index (κ3) is 7.00. The molecule has 0 unspecified atom stereocenters. The zero-order chi connectivity index (χ0) is 13.9. The largest absolute Gasteiger partial charge is 0.482 e. The number of hydrogen-bond donors (Lipinski definition) is 2. The molecule has 6 heteroatoms. The summed E-state index contributed by atoms with van der Waals surface area (Å²) >= 11 is 5.90. The summed E-state index contributed by atoms with van der Waals surface area (Å²) in [5, 5.41) is 6.36. The van der Waals surface area contributed by atoms with E-state index in [0.717, 1.165) is 6.54 Å². The standard InChI is InChI=1S/C13H19ClN2O3/c1-18-9-8-15-6-7-16-13(17)10-19-12-5-3-2-4-11(12)14/h2-5,15H,6-10H2,1H3,(H,16,17). The molecule has 19 heavy (non-hydrogen) atoms. The smallest absolute Gasteiger partial charge is 0.257 e. The average molecular weight is 287 g/mol. The summed E-state index contributed by atoms with van der Waals surface area (Å²) < 4.78 is 10.2. The van der Waals surface area contributed by atoms with Crippen LogP contribution in [0.15, 0.2) is 24.3 Å². The molecule has 1 aromatic rings. The molecule has 0 aliphatic carbocycles. The Morgan fingerprint density at radius 3 is 2.79 bits per heavy atom. The van der Waals surface area contributed by atoms with E-state index in [1.165, 1.54) is 0 Å². The van der Waals surface area contributed by atoms with Gasteiger partial charge in [-0.15, -0.1) is 0 Å². The van der Waals surface area contributed by atoms with Crippen LogP contribution < -0.4 is 15.4 Å². The summed E-state index contributed by atoms with van der Waals surface area (Å²) in [6, 6.07) is 7.05. The van der Waals surface area contributed by atoms with Crippen LogP contribution in [0.25, 0.3) is 0 Å². The van der Waals surface area contributed by atoms with Crippen molar-refractivity contribution in [2.24, 2.45) is 0 Å². The first kappa shape index (κ1) is 15.8. The van der Waals surface area contributed by atoms with Gasteiger partial charge >= 0.3 is 0 Å². The molecule has 106 valence electrons. The van der Waals surface area contributed by atoms with Crippen LogP contribution in [0.3, 0.4) is 0 Å². The summed E-state index contributed by atoms with van der Waals surface area (Å²) in [6.07, 6.45) is 0. The highest BCUT2D eigenvalue weighted by atomic mass is 35.5. The number of ether oxygens (including phenoxy) is 2. The van der Waals surface area contributed by atoms with Crippen molar-refractivity contribution in [3.05, 3.63) is 29.3 Å². The summed E-state index contributed by atoms with van der Waals surface area (Å²) in [5.74, 6) is 0.339. The summed E-state index contributed by atoms with van der Waals surface area (Å²) in [6.45, 7) is 2.63. The molecule has 0 fully saturated rings. The Hall–Kier alpha value is -1.30. The zero-order valence-electron chi connectivity index (χ0n) is 10.9. The van der Waals surface area contributed by atoms with E-state index in [-0.39, 0.29) is 12.5 Å². The van der Waals surface area contributed by atoms with Gasteiger partial charge in [-0.2, -0.15) is 0 Å². The van der Waals surface area contributed by atoms with Crippen LogP contribution in [0.4, 0.5) is 0 Å². The van der Waals surface area contributed by atoms with E-state index in [4.69, 9.17) is 21.1 Å². The summed E-state index contributed by atoms with van der Waals surface area (Å²) in [7, 11) is 1.65. The minimum Gasteiger partial charge on any atom is -0.482 e. The number of carbonyl (C=O) groups is 1. The number of carbonyl (C=O) groups excluding carboxylic acids is 1. The highest BCUT2D eigenvalue weighted by Crippen LogP contribution is 2.22. The molecule has 0 heterocycles. The molecule has 0 aromatic heterocycles. The van der Waals surface area contributed by atoms with Crippen molar-refractivity contribution in [3.63, 3.8) is 0 Å². The molecular weight excluding hydrogens is 268 g/mol. The van der Waals surface area contributed by atoms with Gasteiger partial charge in [-0.3, -0.25) is 4.79 Å². The van der Waals surface area contributed by atoms with E-state index in [1.54, 1.807) is 31.4 Å². The van der Waals surface area contributed by atoms with Gasteiger partial charge in [-0.1, -0.05) is 23.7 Å². The fraction of sp³-hybridized carbons (Fsp3) is 0.462. The van der Waals surface area contributed by atoms with Gasteiger partial charge in [0.25, 0.3) is 5.91 Å². The lowest BCUT2D eigenvalue weighted by Crippen LogP contribution is -2.35. The maximum absolute atomic E-state index is 11.5. The fourth-order valence-electron chi connectivity index (χ4n) is 1.35. The highest BCUT2D eigenvalue weighted by Gasteiger charge is 2.04. The third-order valence-corrected chi connectivity index (χ3v) is 2.61. The number of methoxy groups -OCH3 is 1. The molecule has 0 saturated carbocycles. The summed E-state index contributed by atoms with van der Waals surface area (Å²) in [4.78, 5) is 11.5. The first-order chi connectivity index (χ1) is 9.24. The minimum atomic E-state index is -0.173. The molecule has 0 aliphatic rings. The van der Waals surface area contributed by atoms with E-state index in [9.17, 15) is 4.79 Å². The van der Waals surface area contributed by atoms with Crippen LogP contribution in [0.2, 0.25) is 5.02 Å². The number of amides is 1. The molecule has 1 amide bonds. The van der Waals surface area contributed by atoms with E-state index in [1.807, 2.05) is 0 Å². The van der Waals surface area contributed by atoms with Gasteiger partial charge in [0.05, 0.1) is 11.6 Å². The number of halogens is 1. The van der Waals surface area contributed by atoms with Crippen molar-refractivity contribution in [1.29, 1.82) is 0 Å². The highest BCUT2D eigenvalue weighted by molar-refractivity contribution is 6.32. The van der Waals surface area contributed by atoms with Crippen LogP contribution >= 0.6 is 11.6 Å². The third-order valence-electron chi connectivity index (χ3n) is 2.30. The Bertz CT molecular complexity index is 388. The molecule has 1 aromatic carbocycles. The first-order valence-corrected chi connectivity index (χ1v) is 6.45. The van der Waals surface area contributed by atoms with E-state index in [0.29, 0.717) is 30.5 Å². The maximum atomic E-state index is 11.5. The van der Waals surface area contributed by atoms with E-state index >= 15 is 0 Å².